The molecule has 0 amide bonds. The van der Waals surface area contributed by atoms with Gasteiger partial charge in [-0.1, -0.05) is 35.3 Å². The van der Waals surface area contributed by atoms with Gasteiger partial charge >= 0.3 is 0 Å². The number of benzene rings is 2. The molecule has 2 nitrogen and oxygen atoms in total. The van der Waals surface area contributed by atoms with Crippen molar-refractivity contribution in [2.24, 2.45) is 5.73 Å². The molecule has 19 heavy (non-hydrogen) atoms. The van der Waals surface area contributed by atoms with Crippen LogP contribution >= 0.6 is 23.2 Å². The van der Waals surface area contributed by atoms with Gasteiger partial charge in [-0.05, 0) is 37.2 Å². The Balaban J connectivity index is 2.38. The van der Waals surface area contributed by atoms with Crippen LogP contribution in [0.3, 0.4) is 0 Å². The van der Waals surface area contributed by atoms with Crippen LogP contribution in [0.1, 0.15) is 5.56 Å². The fraction of sp³-hybridized carbons (Fsp3) is 0.143. The van der Waals surface area contributed by atoms with E-state index in [2.05, 4.69) is 0 Å². The number of halogens is 3. The lowest BCUT2D eigenvalue weighted by Gasteiger charge is -2.12. The van der Waals surface area contributed by atoms with E-state index in [1.807, 2.05) is 0 Å². The van der Waals surface area contributed by atoms with Crippen LogP contribution in [0.2, 0.25) is 10.0 Å². The van der Waals surface area contributed by atoms with E-state index in [0.717, 1.165) is 0 Å². The summed E-state index contributed by atoms with van der Waals surface area (Å²) in [5.74, 6) is 0.439. The van der Waals surface area contributed by atoms with Crippen molar-refractivity contribution < 1.29 is 9.13 Å². The summed E-state index contributed by atoms with van der Waals surface area (Å²) in [6, 6.07) is 9.66. The van der Waals surface area contributed by atoms with Crippen LogP contribution in [0.4, 0.5) is 4.39 Å². The van der Waals surface area contributed by atoms with Crippen molar-refractivity contribution in [2.75, 3.05) is 6.54 Å². The van der Waals surface area contributed by atoms with Gasteiger partial charge < -0.3 is 10.5 Å². The third kappa shape index (κ3) is 3.18. The first-order chi connectivity index (χ1) is 9.13. The lowest BCUT2D eigenvalue weighted by molar-refractivity contribution is 0.467. The molecule has 0 atom stereocenters. The molecular weight excluding hydrogens is 288 g/mol. The van der Waals surface area contributed by atoms with Crippen molar-refractivity contribution in [1.82, 2.24) is 0 Å². The third-order valence-corrected chi connectivity index (χ3v) is 3.41. The van der Waals surface area contributed by atoms with Crippen LogP contribution in [0, 0.1) is 5.82 Å². The Labute approximate surface area is 120 Å². The standard InChI is InChI=1S/C14H12Cl2FNO/c15-10-3-1-6-13(14(10)16)19-12-5-2-4-11(17)9(12)7-8-18/h1-6H,7-8,18H2. The van der Waals surface area contributed by atoms with Gasteiger partial charge in [0.2, 0.25) is 0 Å². The molecule has 0 aliphatic rings. The van der Waals surface area contributed by atoms with Crippen molar-refractivity contribution in [3.8, 4) is 11.5 Å². The SMILES string of the molecule is NCCc1c(F)cccc1Oc1cccc(Cl)c1Cl. The summed E-state index contributed by atoms with van der Waals surface area (Å²) in [5, 5.41) is 0.683. The predicted octanol–water partition coefficient (Wildman–Crippen LogP) is 4.43. The van der Waals surface area contributed by atoms with Crippen LogP contribution < -0.4 is 10.5 Å². The Hall–Kier alpha value is -1.29. The van der Waals surface area contributed by atoms with Crippen molar-refractivity contribution >= 4 is 23.2 Å². The summed E-state index contributed by atoms with van der Waals surface area (Å²) in [6.07, 6.45) is 0.389. The molecule has 2 N–H and O–H groups in total. The average Bonchev–Trinajstić information content (AvgIpc) is 2.39. The minimum Gasteiger partial charge on any atom is -0.455 e. The second-order valence-corrected chi connectivity index (χ2v) is 4.69. The van der Waals surface area contributed by atoms with Gasteiger partial charge in [0.15, 0.2) is 0 Å². The molecular formula is C14H12Cl2FNO. The van der Waals surface area contributed by atoms with Crippen LogP contribution in [0.5, 0.6) is 11.5 Å². The largest absolute Gasteiger partial charge is 0.455 e. The zero-order valence-electron chi connectivity index (χ0n) is 10.00. The number of rotatable bonds is 4. The maximum Gasteiger partial charge on any atom is 0.147 e. The lowest BCUT2D eigenvalue weighted by Crippen LogP contribution is -2.06. The fourth-order valence-corrected chi connectivity index (χ4v) is 2.03. The van der Waals surface area contributed by atoms with E-state index in [0.29, 0.717) is 40.1 Å². The first-order valence-electron chi connectivity index (χ1n) is 5.73. The van der Waals surface area contributed by atoms with E-state index < -0.39 is 0 Å². The third-order valence-electron chi connectivity index (χ3n) is 2.61. The summed E-state index contributed by atoms with van der Waals surface area (Å²) in [6.45, 7) is 0.334. The second-order valence-electron chi connectivity index (χ2n) is 3.91. The molecule has 0 saturated carbocycles. The molecule has 2 aromatic carbocycles. The maximum atomic E-state index is 13.7. The van der Waals surface area contributed by atoms with Gasteiger partial charge in [0.05, 0.1) is 5.02 Å². The minimum absolute atomic E-state index is 0.298. The molecule has 0 heterocycles. The second kappa shape index (κ2) is 6.24. The summed E-state index contributed by atoms with van der Waals surface area (Å²) >= 11 is 11.9. The number of hydrogen-bond donors (Lipinski definition) is 1. The normalized spacial score (nSPS) is 10.5. The molecule has 0 aliphatic carbocycles. The first kappa shape index (κ1) is 14.1. The first-order valence-corrected chi connectivity index (χ1v) is 6.48. The van der Waals surface area contributed by atoms with Gasteiger partial charge in [0.25, 0.3) is 0 Å². The predicted molar refractivity (Wildman–Crippen MR) is 75.7 cm³/mol. The minimum atomic E-state index is -0.346. The van der Waals surface area contributed by atoms with Gasteiger partial charge in [0, 0.05) is 5.56 Å². The number of hydrogen-bond acceptors (Lipinski definition) is 2. The van der Waals surface area contributed by atoms with E-state index in [1.165, 1.54) is 6.07 Å². The topological polar surface area (TPSA) is 35.2 Å². The van der Waals surface area contributed by atoms with Crippen molar-refractivity contribution in [3.63, 3.8) is 0 Å². The molecule has 0 fully saturated rings. The van der Waals surface area contributed by atoms with Crippen LogP contribution in [0.25, 0.3) is 0 Å². The van der Waals surface area contributed by atoms with Gasteiger partial charge in [-0.25, -0.2) is 4.39 Å². The summed E-state index contributed by atoms with van der Waals surface area (Å²) in [4.78, 5) is 0. The van der Waals surface area contributed by atoms with Gasteiger partial charge in [-0.3, -0.25) is 0 Å². The van der Waals surface area contributed by atoms with Crippen molar-refractivity contribution in [1.29, 1.82) is 0 Å². The Bertz CT molecular complexity index is 590. The monoisotopic (exact) mass is 299 g/mol. The van der Waals surface area contributed by atoms with Gasteiger partial charge in [-0.2, -0.15) is 0 Å². The van der Waals surface area contributed by atoms with Gasteiger partial charge in [0.1, 0.15) is 22.3 Å². The summed E-state index contributed by atoms with van der Waals surface area (Å²) in [5.41, 5.74) is 5.91. The molecule has 0 unspecified atom stereocenters. The molecule has 0 spiro atoms. The van der Waals surface area contributed by atoms with Crippen LogP contribution in [0.15, 0.2) is 36.4 Å². The van der Waals surface area contributed by atoms with E-state index >= 15 is 0 Å². The summed E-state index contributed by atoms with van der Waals surface area (Å²) in [7, 11) is 0. The average molecular weight is 300 g/mol. The maximum absolute atomic E-state index is 13.7. The molecule has 0 bridgehead atoms. The highest BCUT2D eigenvalue weighted by Gasteiger charge is 2.12. The molecule has 0 saturated heterocycles. The molecule has 0 radical (unpaired) electrons. The Kier molecular flexibility index (Phi) is 4.64. The molecule has 0 aliphatic heterocycles. The van der Waals surface area contributed by atoms with E-state index in [4.69, 9.17) is 33.7 Å². The molecule has 5 heteroatoms. The molecule has 0 aromatic heterocycles. The Morgan fingerprint density at radius 3 is 2.47 bits per heavy atom. The lowest BCUT2D eigenvalue weighted by atomic mass is 10.1. The van der Waals surface area contributed by atoms with Crippen molar-refractivity contribution in [3.05, 3.63) is 57.8 Å². The Morgan fingerprint density at radius 2 is 1.74 bits per heavy atom. The number of nitrogens with two attached hydrogens (primary N) is 1. The smallest absolute Gasteiger partial charge is 0.147 e. The zero-order chi connectivity index (χ0) is 13.8. The van der Waals surface area contributed by atoms with Gasteiger partial charge in [-0.15, -0.1) is 0 Å². The number of ether oxygens (including phenoxy) is 1. The van der Waals surface area contributed by atoms with E-state index in [-0.39, 0.29) is 5.82 Å². The van der Waals surface area contributed by atoms with E-state index in [1.54, 1.807) is 30.3 Å². The van der Waals surface area contributed by atoms with Crippen LogP contribution in [-0.2, 0) is 6.42 Å². The van der Waals surface area contributed by atoms with Crippen LogP contribution in [-0.4, -0.2) is 6.54 Å². The highest BCUT2D eigenvalue weighted by Crippen LogP contribution is 2.36. The quantitative estimate of drug-likeness (QED) is 0.906. The van der Waals surface area contributed by atoms with E-state index in [9.17, 15) is 4.39 Å². The summed E-state index contributed by atoms with van der Waals surface area (Å²) < 4.78 is 19.4. The molecule has 2 aromatic rings. The zero-order valence-corrected chi connectivity index (χ0v) is 11.5. The Morgan fingerprint density at radius 1 is 1.05 bits per heavy atom. The molecule has 100 valence electrons. The highest BCUT2D eigenvalue weighted by molar-refractivity contribution is 6.42. The van der Waals surface area contributed by atoms with Crippen molar-refractivity contribution in [2.45, 2.75) is 6.42 Å². The fourth-order valence-electron chi connectivity index (χ4n) is 1.70. The molecule has 2 rings (SSSR count). The highest BCUT2D eigenvalue weighted by atomic mass is 35.5.